The third-order valence-electron chi connectivity index (χ3n) is 3.11. The molecular weight excluding hydrogens is 278 g/mol. The zero-order valence-corrected chi connectivity index (χ0v) is 11.9. The van der Waals surface area contributed by atoms with Gasteiger partial charge in [-0.15, -0.1) is 0 Å². The molecular formula is C17H15N3O2. The molecule has 2 heterocycles. The van der Waals surface area contributed by atoms with Crippen LogP contribution in [-0.4, -0.2) is 15.9 Å². The Balaban J connectivity index is 1.56. The number of oxazole rings is 1. The number of pyridine rings is 1. The summed E-state index contributed by atoms with van der Waals surface area (Å²) >= 11 is 0. The van der Waals surface area contributed by atoms with Crippen LogP contribution in [0.1, 0.15) is 12.3 Å². The van der Waals surface area contributed by atoms with Crippen molar-refractivity contribution in [3.63, 3.8) is 0 Å². The van der Waals surface area contributed by atoms with Crippen LogP contribution in [0.4, 0.5) is 5.82 Å². The molecule has 5 nitrogen and oxygen atoms in total. The number of hydrogen-bond acceptors (Lipinski definition) is 4. The van der Waals surface area contributed by atoms with Crippen molar-refractivity contribution in [2.45, 2.75) is 12.8 Å². The molecule has 0 unspecified atom stereocenters. The van der Waals surface area contributed by atoms with E-state index in [2.05, 4.69) is 15.3 Å². The molecule has 0 aliphatic rings. The summed E-state index contributed by atoms with van der Waals surface area (Å²) < 4.78 is 5.66. The van der Waals surface area contributed by atoms with Crippen molar-refractivity contribution < 1.29 is 9.21 Å². The highest BCUT2D eigenvalue weighted by Gasteiger charge is 2.09. The third kappa shape index (κ3) is 3.58. The van der Waals surface area contributed by atoms with E-state index in [-0.39, 0.29) is 5.91 Å². The third-order valence-corrected chi connectivity index (χ3v) is 3.11. The maximum absolute atomic E-state index is 11.8. The molecule has 0 radical (unpaired) electrons. The van der Waals surface area contributed by atoms with Crippen LogP contribution >= 0.6 is 0 Å². The first-order valence-electron chi connectivity index (χ1n) is 7.02. The molecule has 110 valence electrons. The van der Waals surface area contributed by atoms with Crippen LogP contribution in [-0.2, 0) is 11.2 Å². The van der Waals surface area contributed by atoms with Gasteiger partial charge >= 0.3 is 0 Å². The van der Waals surface area contributed by atoms with E-state index in [1.165, 1.54) is 0 Å². The largest absolute Gasteiger partial charge is 0.441 e. The van der Waals surface area contributed by atoms with E-state index in [0.29, 0.717) is 30.3 Å². The minimum atomic E-state index is -0.113. The van der Waals surface area contributed by atoms with Crippen molar-refractivity contribution in [3.05, 3.63) is 66.8 Å². The van der Waals surface area contributed by atoms with Crippen LogP contribution in [0.15, 0.2) is 65.3 Å². The number of carbonyl (C=O) groups is 1. The maximum Gasteiger partial charge on any atom is 0.226 e. The molecule has 22 heavy (non-hydrogen) atoms. The minimum absolute atomic E-state index is 0.113. The summed E-state index contributed by atoms with van der Waals surface area (Å²) in [7, 11) is 0. The van der Waals surface area contributed by atoms with Gasteiger partial charge in [0.15, 0.2) is 11.7 Å². The first-order chi connectivity index (χ1) is 10.8. The average molecular weight is 293 g/mol. The molecule has 0 atom stereocenters. The molecule has 1 aromatic carbocycles. The fourth-order valence-corrected chi connectivity index (χ4v) is 2.02. The molecule has 1 N–H and O–H groups in total. The van der Waals surface area contributed by atoms with E-state index in [1.54, 1.807) is 24.5 Å². The Bertz CT molecular complexity index is 739. The van der Waals surface area contributed by atoms with Gasteiger partial charge in [-0.2, -0.15) is 0 Å². The normalized spacial score (nSPS) is 10.4. The monoisotopic (exact) mass is 293 g/mol. The van der Waals surface area contributed by atoms with Crippen LogP contribution in [0, 0.1) is 0 Å². The summed E-state index contributed by atoms with van der Waals surface area (Å²) in [4.78, 5) is 20.1. The van der Waals surface area contributed by atoms with Crippen molar-refractivity contribution in [2.24, 2.45) is 0 Å². The topological polar surface area (TPSA) is 68.0 Å². The smallest absolute Gasteiger partial charge is 0.226 e. The van der Waals surface area contributed by atoms with Crippen LogP contribution in [0.3, 0.4) is 0 Å². The second-order valence-electron chi connectivity index (χ2n) is 4.75. The van der Waals surface area contributed by atoms with Gasteiger partial charge in [0.1, 0.15) is 5.82 Å². The zero-order chi connectivity index (χ0) is 15.2. The highest BCUT2D eigenvalue weighted by molar-refractivity contribution is 5.89. The second kappa shape index (κ2) is 6.67. The van der Waals surface area contributed by atoms with Gasteiger partial charge in [-0.3, -0.25) is 4.79 Å². The molecule has 3 rings (SSSR count). The van der Waals surface area contributed by atoms with Gasteiger partial charge in [0.2, 0.25) is 5.91 Å². The second-order valence-corrected chi connectivity index (χ2v) is 4.75. The Hall–Kier alpha value is -2.95. The van der Waals surface area contributed by atoms with Crippen molar-refractivity contribution in [2.75, 3.05) is 5.32 Å². The maximum atomic E-state index is 11.8. The predicted molar refractivity (Wildman–Crippen MR) is 83.1 cm³/mol. The number of anilines is 1. The van der Waals surface area contributed by atoms with Crippen LogP contribution in [0.5, 0.6) is 0 Å². The fraction of sp³-hybridized carbons (Fsp3) is 0.118. The standard InChI is InChI=1S/C17H15N3O2/c21-16(20-15-8-4-5-11-18-15)9-10-17-19-12-14(22-17)13-6-2-1-3-7-13/h1-8,11-12H,9-10H2,(H,18,20,21). The Morgan fingerprint density at radius 3 is 2.64 bits per heavy atom. The molecule has 0 fully saturated rings. The van der Waals surface area contributed by atoms with Gasteiger partial charge in [0, 0.05) is 24.6 Å². The average Bonchev–Trinajstić information content (AvgIpc) is 3.04. The Labute approximate surface area is 128 Å². The molecule has 1 amide bonds. The highest BCUT2D eigenvalue weighted by Crippen LogP contribution is 2.20. The van der Waals surface area contributed by atoms with Crippen molar-refractivity contribution >= 4 is 11.7 Å². The van der Waals surface area contributed by atoms with E-state index < -0.39 is 0 Å². The van der Waals surface area contributed by atoms with Crippen LogP contribution in [0.25, 0.3) is 11.3 Å². The van der Waals surface area contributed by atoms with E-state index in [4.69, 9.17) is 4.42 Å². The van der Waals surface area contributed by atoms with Gasteiger partial charge in [-0.1, -0.05) is 36.4 Å². The van der Waals surface area contributed by atoms with Gasteiger partial charge in [0.25, 0.3) is 0 Å². The lowest BCUT2D eigenvalue weighted by atomic mass is 10.2. The van der Waals surface area contributed by atoms with Gasteiger partial charge in [-0.05, 0) is 12.1 Å². The Morgan fingerprint density at radius 2 is 1.86 bits per heavy atom. The summed E-state index contributed by atoms with van der Waals surface area (Å²) in [6.07, 6.45) is 4.06. The molecule has 0 saturated heterocycles. The summed E-state index contributed by atoms with van der Waals surface area (Å²) in [5.74, 6) is 1.69. The number of hydrogen-bond donors (Lipinski definition) is 1. The molecule has 5 heteroatoms. The van der Waals surface area contributed by atoms with Gasteiger partial charge < -0.3 is 9.73 Å². The summed E-state index contributed by atoms with van der Waals surface area (Å²) in [5, 5.41) is 2.73. The van der Waals surface area contributed by atoms with Crippen molar-refractivity contribution in [1.29, 1.82) is 0 Å². The number of nitrogens with one attached hydrogen (secondary N) is 1. The molecule has 0 aliphatic heterocycles. The van der Waals surface area contributed by atoms with Gasteiger partial charge in [0.05, 0.1) is 6.20 Å². The SMILES string of the molecule is O=C(CCc1ncc(-c2ccccc2)o1)Nc1ccccn1. The summed E-state index contributed by atoms with van der Waals surface area (Å²) in [5.41, 5.74) is 0.971. The van der Waals surface area contributed by atoms with E-state index in [1.807, 2.05) is 36.4 Å². The molecule has 0 saturated carbocycles. The quantitative estimate of drug-likeness (QED) is 0.783. The number of aromatic nitrogens is 2. The number of nitrogens with zero attached hydrogens (tertiary/aromatic N) is 2. The first kappa shape index (κ1) is 14.0. The first-order valence-corrected chi connectivity index (χ1v) is 7.02. The molecule has 0 aliphatic carbocycles. The molecule has 0 bridgehead atoms. The zero-order valence-electron chi connectivity index (χ0n) is 11.9. The Kier molecular flexibility index (Phi) is 4.25. The molecule has 0 spiro atoms. The number of rotatable bonds is 5. The number of benzene rings is 1. The van der Waals surface area contributed by atoms with E-state index in [9.17, 15) is 4.79 Å². The number of amides is 1. The lowest BCUT2D eigenvalue weighted by molar-refractivity contribution is -0.116. The van der Waals surface area contributed by atoms with E-state index >= 15 is 0 Å². The summed E-state index contributed by atoms with van der Waals surface area (Å²) in [6.45, 7) is 0. The fourth-order valence-electron chi connectivity index (χ4n) is 2.02. The van der Waals surface area contributed by atoms with Crippen molar-refractivity contribution in [3.8, 4) is 11.3 Å². The molecule has 2 aromatic heterocycles. The van der Waals surface area contributed by atoms with Crippen LogP contribution < -0.4 is 5.32 Å². The Morgan fingerprint density at radius 1 is 1.05 bits per heavy atom. The van der Waals surface area contributed by atoms with Crippen LogP contribution in [0.2, 0.25) is 0 Å². The summed E-state index contributed by atoms with van der Waals surface area (Å²) in [6, 6.07) is 15.1. The predicted octanol–water partition coefficient (Wildman–Crippen LogP) is 3.31. The van der Waals surface area contributed by atoms with Gasteiger partial charge in [-0.25, -0.2) is 9.97 Å². The molecule has 3 aromatic rings. The number of carbonyl (C=O) groups excluding carboxylic acids is 1. The van der Waals surface area contributed by atoms with Crippen molar-refractivity contribution in [1.82, 2.24) is 9.97 Å². The van der Waals surface area contributed by atoms with E-state index in [0.717, 1.165) is 5.56 Å². The number of aryl methyl sites for hydroxylation is 1. The lowest BCUT2D eigenvalue weighted by Crippen LogP contribution is -2.13. The minimum Gasteiger partial charge on any atom is -0.441 e. The highest BCUT2D eigenvalue weighted by atomic mass is 16.4. The lowest BCUT2D eigenvalue weighted by Gasteiger charge is -2.02.